The minimum Gasteiger partial charge on any atom is -0.463 e. The summed E-state index contributed by atoms with van der Waals surface area (Å²) in [6.45, 7) is 3.56. The zero-order chi connectivity index (χ0) is 37.5. The molecule has 51 heavy (non-hydrogen) atoms. The van der Waals surface area contributed by atoms with E-state index in [1.807, 2.05) is 0 Å². The Kier molecular flexibility index (Phi) is 37.5. The van der Waals surface area contributed by atoms with Gasteiger partial charge in [-0.05, 0) is 38.5 Å². The van der Waals surface area contributed by atoms with Crippen LogP contribution >= 0.6 is 7.82 Å². The summed E-state index contributed by atoms with van der Waals surface area (Å²) in [4.78, 5) is 33.8. The number of phosphoric acid groups is 1. The van der Waals surface area contributed by atoms with Crippen LogP contribution in [-0.4, -0.2) is 54.3 Å². The number of ether oxygens (including phenoxy) is 1. The Morgan fingerprint density at radius 3 is 1.47 bits per heavy atom. The summed E-state index contributed by atoms with van der Waals surface area (Å²) in [7, 11) is -4.41. The van der Waals surface area contributed by atoms with Crippen LogP contribution in [0.25, 0.3) is 0 Å². The van der Waals surface area contributed by atoms with Crippen molar-refractivity contribution >= 4 is 19.7 Å². The zero-order valence-electron chi connectivity index (χ0n) is 33.1. The van der Waals surface area contributed by atoms with Gasteiger partial charge in [0.05, 0.1) is 13.2 Å². The molecule has 0 bridgehead atoms. The average Bonchev–Trinajstić information content (AvgIpc) is 3.11. The van der Waals surface area contributed by atoms with Crippen LogP contribution in [0.15, 0.2) is 12.2 Å². The van der Waals surface area contributed by atoms with E-state index in [0.717, 1.165) is 38.5 Å². The number of unbranched alkanes of at least 4 members (excludes halogenated alkanes) is 25. The van der Waals surface area contributed by atoms with E-state index in [1.165, 1.54) is 141 Å². The topological polar surface area (TPSA) is 131 Å². The number of hydrogen-bond acceptors (Lipinski definition) is 7. The average molecular weight is 746 g/mol. The van der Waals surface area contributed by atoms with Gasteiger partial charge in [-0.15, -0.1) is 0 Å². The fourth-order valence-corrected chi connectivity index (χ4v) is 6.72. The highest BCUT2D eigenvalue weighted by Gasteiger charge is 2.23. The SMILES string of the molecule is CCCCCCCCC/C=C\CCCCCCCCCC(=O)OCC(O)COP(=O)(O)OCCNC(=O)CCCCCCCCCCCCCC. The van der Waals surface area contributed by atoms with E-state index >= 15 is 0 Å². The van der Waals surface area contributed by atoms with E-state index in [4.69, 9.17) is 13.8 Å². The third-order valence-electron chi connectivity index (χ3n) is 9.20. The molecule has 0 spiro atoms. The smallest absolute Gasteiger partial charge is 0.463 e. The highest BCUT2D eigenvalue weighted by atomic mass is 31.2. The fourth-order valence-electron chi connectivity index (χ4n) is 5.96. The van der Waals surface area contributed by atoms with Crippen LogP contribution in [0.1, 0.15) is 206 Å². The maximum absolute atomic E-state index is 12.1. The van der Waals surface area contributed by atoms with Crippen molar-refractivity contribution in [1.82, 2.24) is 5.32 Å². The second-order valence-corrected chi connectivity index (χ2v) is 15.8. The van der Waals surface area contributed by atoms with Crippen LogP contribution in [0.5, 0.6) is 0 Å². The second-order valence-electron chi connectivity index (χ2n) is 14.3. The molecule has 0 rings (SSSR count). The summed E-state index contributed by atoms with van der Waals surface area (Å²) < 4.78 is 26.8. The molecule has 0 aliphatic rings. The van der Waals surface area contributed by atoms with Crippen molar-refractivity contribution in [3.63, 3.8) is 0 Å². The van der Waals surface area contributed by atoms with E-state index in [9.17, 15) is 24.2 Å². The van der Waals surface area contributed by atoms with E-state index in [0.29, 0.717) is 6.42 Å². The standard InChI is InChI=1S/C41H80NO8P/c1-3-5-7-9-11-13-15-17-18-19-20-21-22-24-26-28-30-32-34-41(45)48-37-39(43)38-50-51(46,47)49-36-35-42-40(44)33-31-29-27-25-23-16-14-12-10-8-6-4-2/h18-19,39,43H,3-17,20-38H2,1-2H3,(H,42,44)(H,46,47)/b19-18-. The molecule has 10 heteroatoms. The Labute approximate surface area is 313 Å². The minimum atomic E-state index is -4.41. The molecular weight excluding hydrogens is 665 g/mol. The Balaban J connectivity index is 3.58. The number of nitrogens with one attached hydrogen (secondary N) is 1. The zero-order valence-corrected chi connectivity index (χ0v) is 34.0. The lowest BCUT2D eigenvalue weighted by atomic mass is 10.0. The molecule has 0 aromatic heterocycles. The summed E-state index contributed by atoms with van der Waals surface area (Å²) >= 11 is 0. The number of amides is 1. The molecule has 0 aromatic rings. The van der Waals surface area contributed by atoms with Gasteiger partial charge in [-0.25, -0.2) is 4.57 Å². The summed E-state index contributed by atoms with van der Waals surface area (Å²) in [5.74, 6) is -0.514. The summed E-state index contributed by atoms with van der Waals surface area (Å²) in [5, 5.41) is 12.7. The minimum absolute atomic E-state index is 0.0855. The Morgan fingerprint density at radius 1 is 0.588 bits per heavy atom. The van der Waals surface area contributed by atoms with Gasteiger partial charge in [0.2, 0.25) is 5.91 Å². The Morgan fingerprint density at radius 2 is 1.00 bits per heavy atom. The lowest BCUT2D eigenvalue weighted by Gasteiger charge is -2.15. The maximum atomic E-state index is 12.1. The first kappa shape index (κ1) is 49.8. The highest BCUT2D eigenvalue weighted by Crippen LogP contribution is 2.42. The predicted molar refractivity (Wildman–Crippen MR) is 211 cm³/mol. The van der Waals surface area contributed by atoms with E-state index in [1.54, 1.807) is 0 Å². The first-order chi connectivity index (χ1) is 24.8. The maximum Gasteiger partial charge on any atom is 0.472 e. The monoisotopic (exact) mass is 746 g/mol. The molecule has 0 aliphatic carbocycles. The van der Waals surface area contributed by atoms with E-state index in [2.05, 4.69) is 31.3 Å². The van der Waals surface area contributed by atoms with Crippen molar-refractivity contribution in [3.05, 3.63) is 12.2 Å². The molecular formula is C41H80NO8P. The van der Waals surface area contributed by atoms with Gasteiger partial charge in [-0.2, -0.15) is 0 Å². The van der Waals surface area contributed by atoms with Gasteiger partial charge in [0, 0.05) is 19.4 Å². The van der Waals surface area contributed by atoms with Crippen LogP contribution in [0.4, 0.5) is 0 Å². The van der Waals surface area contributed by atoms with E-state index in [-0.39, 0.29) is 32.1 Å². The number of carbonyl (C=O) groups is 2. The number of aliphatic hydroxyl groups excluding tert-OH is 1. The first-order valence-electron chi connectivity index (χ1n) is 21.2. The van der Waals surface area contributed by atoms with Crippen LogP contribution in [0.2, 0.25) is 0 Å². The molecule has 0 saturated carbocycles. The molecule has 0 heterocycles. The Hall–Kier alpha value is -1.25. The van der Waals surface area contributed by atoms with Gasteiger partial charge in [0.1, 0.15) is 12.7 Å². The predicted octanol–water partition coefficient (Wildman–Crippen LogP) is 11.4. The number of phosphoric ester groups is 1. The number of aliphatic hydroxyl groups is 1. The summed E-state index contributed by atoms with van der Waals surface area (Å²) in [6, 6.07) is 0. The van der Waals surface area contributed by atoms with Crippen LogP contribution in [0, 0.1) is 0 Å². The normalized spacial score (nSPS) is 13.4. The van der Waals surface area contributed by atoms with Gasteiger partial charge in [0.25, 0.3) is 0 Å². The van der Waals surface area contributed by atoms with Crippen LogP contribution in [0.3, 0.4) is 0 Å². The number of allylic oxidation sites excluding steroid dienone is 2. The second kappa shape index (κ2) is 38.5. The van der Waals surface area contributed by atoms with Crippen LogP contribution in [-0.2, 0) is 27.9 Å². The fraction of sp³-hybridized carbons (Fsp3) is 0.902. The quantitative estimate of drug-likeness (QED) is 0.0244. The summed E-state index contributed by atoms with van der Waals surface area (Å²) in [5.41, 5.74) is 0. The van der Waals surface area contributed by atoms with Crippen molar-refractivity contribution in [1.29, 1.82) is 0 Å². The van der Waals surface area contributed by atoms with Gasteiger partial charge in [-0.1, -0.05) is 167 Å². The number of carbonyl (C=O) groups excluding carboxylic acids is 2. The largest absolute Gasteiger partial charge is 0.472 e. The molecule has 2 unspecified atom stereocenters. The van der Waals surface area contributed by atoms with Gasteiger partial charge in [0.15, 0.2) is 0 Å². The lowest BCUT2D eigenvalue weighted by Crippen LogP contribution is -2.27. The van der Waals surface area contributed by atoms with Crippen molar-refractivity contribution in [2.45, 2.75) is 213 Å². The van der Waals surface area contributed by atoms with Crippen molar-refractivity contribution < 1.29 is 37.9 Å². The van der Waals surface area contributed by atoms with Crippen molar-refractivity contribution in [2.75, 3.05) is 26.4 Å². The van der Waals surface area contributed by atoms with E-state index < -0.39 is 26.5 Å². The number of hydrogen-bond donors (Lipinski definition) is 3. The third-order valence-corrected chi connectivity index (χ3v) is 10.2. The molecule has 0 radical (unpaired) electrons. The molecule has 302 valence electrons. The first-order valence-corrected chi connectivity index (χ1v) is 22.7. The van der Waals surface area contributed by atoms with Crippen molar-refractivity contribution in [3.8, 4) is 0 Å². The van der Waals surface area contributed by atoms with Crippen LogP contribution < -0.4 is 5.32 Å². The molecule has 0 aromatic carbocycles. The molecule has 0 saturated heterocycles. The molecule has 9 nitrogen and oxygen atoms in total. The number of esters is 1. The van der Waals surface area contributed by atoms with Gasteiger partial charge < -0.3 is 20.1 Å². The molecule has 2 atom stereocenters. The molecule has 3 N–H and O–H groups in total. The van der Waals surface area contributed by atoms with Crippen molar-refractivity contribution in [2.24, 2.45) is 0 Å². The van der Waals surface area contributed by atoms with Gasteiger partial charge >= 0.3 is 13.8 Å². The summed E-state index contributed by atoms with van der Waals surface area (Å²) in [6.07, 6.45) is 38.5. The highest BCUT2D eigenvalue weighted by molar-refractivity contribution is 7.47. The lowest BCUT2D eigenvalue weighted by molar-refractivity contribution is -0.147. The molecule has 0 fully saturated rings. The number of rotatable bonds is 40. The van der Waals surface area contributed by atoms with Gasteiger partial charge in [-0.3, -0.25) is 18.6 Å². The Bertz CT molecular complexity index is 856. The third kappa shape index (κ3) is 39.8. The molecule has 1 amide bonds. The molecule has 0 aliphatic heterocycles.